The number of aryl methyl sites for hydroxylation is 1. The summed E-state index contributed by atoms with van der Waals surface area (Å²) in [5.41, 5.74) is 4.04. The van der Waals surface area contributed by atoms with E-state index in [-0.39, 0.29) is 30.3 Å². The van der Waals surface area contributed by atoms with Crippen molar-refractivity contribution in [2.45, 2.75) is 45.4 Å². The Balaban J connectivity index is 1.26. The topological polar surface area (TPSA) is 93.5 Å². The molecule has 1 aromatic carbocycles. The van der Waals surface area contributed by atoms with Crippen LogP contribution in [0.1, 0.15) is 35.5 Å². The molecule has 1 saturated heterocycles. The highest BCUT2D eigenvalue weighted by Crippen LogP contribution is 2.25. The second-order valence-corrected chi connectivity index (χ2v) is 8.62. The van der Waals surface area contributed by atoms with Gasteiger partial charge < -0.3 is 14.5 Å². The molecule has 1 atom stereocenters. The summed E-state index contributed by atoms with van der Waals surface area (Å²) in [6, 6.07) is 9.37. The SMILES string of the molecule is Cc1nnn(-c2ccc(F)cc2)c1COc1ccc2c(n1)CCN(C(=O)[C@H]1CCC(=O)N1C)C2. The molecule has 176 valence electrons. The number of benzene rings is 1. The molecule has 0 saturated carbocycles. The van der Waals surface area contributed by atoms with E-state index < -0.39 is 0 Å². The molecular weight excluding hydrogens is 439 g/mol. The van der Waals surface area contributed by atoms with E-state index in [9.17, 15) is 14.0 Å². The number of carbonyl (C=O) groups excluding carboxylic acids is 2. The second kappa shape index (κ2) is 8.85. The van der Waals surface area contributed by atoms with Gasteiger partial charge in [0.2, 0.25) is 17.7 Å². The zero-order valence-electron chi connectivity index (χ0n) is 19.1. The Labute approximate surface area is 196 Å². The molecule has 2 aromatic heterocycles. The number of hydrogen-bond donors (Lipinski definition) is 0. The Morgan fingerprint density at radius 2 is 1.97 bits per heavy atom. The highest BCUT2D eigenvalue weighted by atomic mass is 19.1. The lowest BCUT2D eigenvalue weighted by atomic mass is 10.0. The van der Waals surface area contributed by atoms with Crippen molar-refractivity contribution in [2.75, 3.05) is 13.6 Å². The monoisotopic (exact) mass is 464 g/mol. The van der Waals surface area contributed by atoms with Crippen LogP contribution in [-0.2, 0) is 29.2 Å². The number of likely N-dealkylation sites (N-methyl/N-ethyl adjacent to an activating group) is 1. The first-order valence-corrected chi connectivity index (χ1v) is 11.2. The van der Waals surface area contributed by atoms with E-state index in [1.807, 2.05) is 13.0 Å². The lowest BCUT2D eigenvalue weighted by molar-refractivity contribution is -0.141. The first-order valence-electron chi connectivity index (χ1n) is 11.2. The number of pyridine rings is 1. The fraction of sp³-hybridized carbons (Fsp3) is 0.375. The van der Waals surface area contributed by atoms with Crippen LogP contribution in [0, 0.1) is 12.7 Å². The number of ether oxygens (including phenoxy) is 1. The Bertz CT molecular complexity index is 1240. The molecule has 3 aromatic rings. The Kier molecular flexibility index (Phi) is 5.72. The molecule has 2 aliphatic rings. The Morgan fingerprint density at radius 1 is 1.18 bits per heavy atom. The van der Waals surface area contributed by atoms with Gasteiger partial charge in [-0.2, -0.15) is 0 Å². The van der Waals surface area contributed by atoms with Crippen molar-refractivity contribution in [2.24, 2.45) is 0 Å². The maximum Gasteiger partial charge on any atom is 0.245 e. The van der Waals surface area contributed by atoms with Gasteiger partial charge in [0.15, 0.2) is 0 Å². The Morgan fingerprint density at radius 3 is 2.71 bits per heavy atom. The molecule has 0 spiro atoms. The van der Waals surface area contributed by atoms with Crippen molar-refractivity contribution in [3.8, 4) is 11.6 Å². The minimum Gasteiger partial charge on any atom is -0.471 e. The minimum atomic E-state index is -0.368. The molecule has 0 aliphatic carbocycles. The number of halogens is 1. The molecule has 34 heavy (non-hydrogen) atoms. The predicted molar refractivity (Wildman–Crippen MR) is 120 cm³/mol. The molecule has 5 rings (SSSR count). The zero-order valence-corrected chi connectivity index (χ0v) is 19.1. The summed E-state index contributed by atoms with van der Waals surface area (Å²) in [6.07, 6.45) is 1.62. The van der Waals surface area contributed by atoms with E-state index in [0.717, 1.165) is 17.0 Å². The third kappa shape index (κ3) is 4.11. The van der Waals surface area contributed by atoms with Gasteiger partial charge in [-0.05, 0) is 43.2 Å². The van der Waals surface area contributed by atoms with E-state index in [1.165, 1.54) is 12.1 Å². The summed E-state index contributed by atoms with van der Waals surface area (Å²) in [7, 11) is 1.69. The van der Waals surface area contributed by atoms with Crippen LogP contribution in [0.2, 0.25) is 0 Å². The normalized spacial score (nSPS) is 17.7. The van der Waals surface area contributed by atoms with Gasteiger partial charge in [-0.15, -0.1) is 5.10 Å². The molecule has 2 amide bonds. The molecule has 0 radical (unpaired) electrons. The third-order valence-corrected chi connectivity index (χ3v) is 6.50. The van der Waals surface area contributed by atoms with E-state index >= 15 is 0 Å². The number of nitrogens with zero attached hydrogens (tertiary/aromatic N) is 6. The minimum absolute atomic E-state index is 0.00337. The van der Waals surface area contributed by atoms with Gasteiger partial charge in [0.25, 0.3) is 0 Å². The first-order chi connectivity index (χ1) is 16.4. The standard InChI is InChI=1S/C24H25FN6O3/c1-15-21(31(28-27-15)18-6-4-17(25)5-7-18)14-34-22-9-3-16-13-30(12-11-19(16)26-22)24(33)20-8-10-23(32)29(20)2/h3-7,9,20H,8,10-14H2,1-2H3/t20-/m1/s1. The van der Waals surface area contributed by atoms with Crippen LogP contribution in [0.15, 0.2) is 36.4 Å². The van der Waals surface area contributed by atoms with E-state index in [1.54, 1.807) is 39.7 Å². The molecule has 0 N–H and O–H groups in total. The third-order valence-electron chi connectivity index (χ3n) is 6.50. The van der Waals surface area contributed by atoms with Gasteiger partial charge in [0, 0.05) is 39.0 Å². The smallest absolute Gasteiger partial charge is 0.245 e. The maximum absolute atomic E-state index is 13.3. The fourth-order valence-corrected chi connectivity index (χ4v) is 4.44. The summed E-state index contributed by atoms with van der Waals surface area (Å²) >= 11 is 0. The van der Waals surface area contributed by atoms with Gasteiger partial charge in [-0.3, -0.25) is 9.59 Å². The molecular formula is C24H25FN6O3. The number of carbonyl (C=O) groups is 2. The number of aromatic nitrogens is 4. The van der Waals surface area contributed by atoms with E-state index in [2.05, 4.69) is 15.3 Å². The average Bonchev–Trinajstić information content (AvgIpc) is 3.38. The maximum atomic E-state index is 13.3. The van der Waals surface area contributed by atoms with Gasteiger partial charge in [-0.1, -0.05) is 11.3 Å². The summed E-state index contributed by atoms with van der Waals surface area (Å²) in [5.74, 6) is 0.174. The summed E-state index contributed by atoms with van der Waals surface area (Å²) in [6.45, 7) is 3.07. The number of fused-ring (bicyclic) bond motifs is 1. The number of likely N-dealkylation sites (tertiary alicyclic amines) is 1. The number of rotatable bonds is 5. The van der Waals surface area contributed by atoms with Crippen LogP contribution < -0.4 is 4.74 Å². The Hall–Kier alpha value is -3.82. The first kappa shape index (κ1) is 22.0. The van der Waals surface area contributed by atoms with Gasteiger partial charge in [0.05, 0.1) is 17.1 Å². The van der Waals surface area contributed by atoms with Crippen molar-refractivity contribution < 1.29 is 18.7 Å². The zero-order chi connectivity index (χ0) is 23.8. The van der Waals surface area contributed by atoms with E-state index in [4.69, 9.17) is 4.74 Å². The van der Waals surface area contributed by atoms with Crippen LogP contribution in [0.4, 0.5) is 4.39 Å². The number of hydrogen-bond acceptors (Lipinski definition) is 6. The van der Waals surface area contributed by atoms with Crippen molar-refractivity contribution >= 4 is 11.8 Å². The molecule has 10 heteroatoms. The van der Waals surface area contributed by atoms with Crippen molar-refractivity contribution in [3.05, 3.63) is 64.9 Å². The van der Waals surface area contributed by atoms with Gasteiger partial charge in [0.1, 0.15) is 24.2 Å². The van der Waals surface area contributed by atoms with Crippen LogP contribution >= 0.6 is 0 Å². The molecule has 4 heterocycles. The van der Waals surface area contributed by atoms with Gasteiger partial charge >= 0.3 is 0 Å². The second-order valence-electron chi connectivity index (χ2n) is 8.62. The van der Waals surface area contributed by atoms with Crippen molar-refractivity contribution in [1.29, 1.82) is 0 Å². The predicted octanol–water partition coefficient (Wildman–Crippen LogP) is 2.19. The van der Waals surface area contributed by atoms with Crippen LogP contribution in [-0.4, -0.2) is 61.2 Å². The molecule has 9 nitrogen and oxygen atoms in total. The van der Waals surface area contributed by atoms with Crippen LogP contribution in [0.5, 0.6) is 5.88 Å². The summed E-state index contributed by atoms with van der Waals surface area (Å²) in [4.78, 5) is 32.7. The summed E-state index contributed by atoms with van der Waals surface area (Å²) < 4.78 is 20.9. The highest BCUT2D eigenvalue weighted by Gasteiger charge is 2.36. The lowest BCUT2D eigenvalue weighted by Gasteiger charge is -2.32. The van der Waals surface area contributed by atoms with Gasteiger partial charge in [-0.25, -0.2) is 14.1 Å². The van der Waals surface area contributed by atoms with Crippen LogP contribution in [0.25, 0.3) is 5.69 Å². The average molecular weight is 465 g/mol. The molecule has 0 unspecified atom stereocenters. The molecule has 2 aliphatic heterocycles. The van der Waals surface area contributed by atoms with Crippen molar-refractivity contribution in [3.63, 3.8) is 0 Å². The van der Waals surface area contributed by atoms with Crippen LogP contribution in [0.3, 0.4) is 0 Å². The summed E-state index contributed by atoms with van der Waals surface area (Å²) in [5, 5.41) is 8.27. The lowest BCUT2D eigenvalue weighted by Crippen LogP contribution is -2.47. The van der Waals surface area contributed by atoms with Crippen molar-refractivity contribution in [1.82, 2.24) is 29.8 Å². The number of amides is 2. The fourth-order valence-electron chi connectivity index (χ4n) is 4.44. The highest BCUT2D eigenvalue weighted by molar-refractivity contribution is 5.90. The largest absolute Gasteiger partial charge is 0.471 e. The quantitative estimate of drug-likeness (QED) is 0.575. The van der Waals surface area contributed by atoms with E-state index in [0.29, 0.717) is 49.6 Å². The molecule has 0 bridgehead atoms. The molecule has 1 fully saturated rings.